The second-order valence-electron chi connectivity index (χ2n) is 6.91. The van der Waals surface area contributed by atoms with Gasteiger partial charge in [-0.15, -0.1) is 0 Å². The van der Waals surface area contributed by atoms with Crippen LogP contribution in [-0.4, -0.2) is 11.5 Å². The van der Waals surface area contributed by atoms with Gasteiger partial charge in [-0.1, -0.05) is 50.2 Å². The molecule has 0 unspecified atom stereocenters. The number of furan rings is 1. The number of nitrogens with one attached hydrogen (secondary N) is 1. The van der Waals surface area contributed by atoms with Gasteiger partial charge >= 0.3 is 0 Å². The first-order chi connectivity index (χ1) is 12.6. The van der Waals surface area contributed by atoms with Crippen molar-refractivity contribution in [2.75, 3.05) is 0 Å². The van der Waals surface area contributed by atoms with Gasteiger partial charge < -0.3 is 14.5 Å². The number of hydrogen-bond donors (Lipinski definition) is 1. The van der Waals surface area contributed by atoms with Gasteiger partial charge in [0.1, 0.15) is 16.9 Å². The third-order valence-corrected chi connectivity index (χ3v) is 5.44. The summed E-state index contributed by atoms with van der Waals surface area (Å²) in [5, 5.41) is 4.09. The van der Waals surface area contributed by atoms with E-state index in [1.54, 1.807) is 6.07 Å². The maximum absolute atomic E-state index is 12.8. The minimum Gasteiger partial charge on any atom is -0.487 e. The van der Waals surface area contributed by atoms with E-state index in [1.165, 1.54) is 0 Å². The summed E-state index contributed by atoms with van der Waals surface area (Å²) in [6.07, 6.45) is 2.55. The van der Waals surface area contributed by atoms with Crippen molar-refractivity contribution in [3.05, 3.63) is 65.9 Å². The number of hydrogen-bond acceptors (Lipinski definition) is 3. The van der Waals surface area contributed by atoms with E-state index in [0.717, 1.165) is 41.5 Å². The lowest BCUT2D eigenvalue weighted by Crippen LogP contribution is -2.44. The van der Waals surface area contributed by atoms with E-state index >= 15 is 0 Å². The number of carbonyl (C=O) groups excluding carboxylic acids is 1. The van der Waals surface area contributed by atoms with E-state index in [0.29, 0.717) is 5.76 Å². The topological polar surface area (TPSA) is 51.5 Å². The zero-order valence-electron chi connectivity index (χ0n) is 15.1. The number of fused-ring (bicyclic) bond motifs is 2. The lowest BCUT2D eigenvalue weighted by molar-refractivity contribution is 0.0225. The molecule has 2 heterocycles. The molecule has 1 aromatic heterocycles. The highest BCUT2D eigenvalue weighted by atomic mass is 16.5. The van der Waals surface area contributed by atoms with Gasteiger partial charge in [-0.05, 0) is 31.0 Å². The van der Waals surface area contributed by atoms with Crippen LogP contribution < -0.4 is 10.1 Å². The molecule has 1 atom stereocenters. The third-order valence-electron chi connectivity index (χ3n) is 5.44. The molecule has 0 saturated heterocycles. The summed E-state index contributed by atoms with van der Waals surface area (Å²) < 4.78 is 12.0. The van der Waals surface area contributed by atoms with Gasteiger partial charge in [0.25, 0.3) is 5.91 Å². The Labute approximate surface area is 153 Å². The van der Waals surface area contributed by atoms with Crippen molar-refractivity contribution >= 4 is 16.9 Å². The van der Waals surface area contributed by atoms with Crippen molar-refractivity contribution in [3.63, 3.8) is 0 Å². The molecule has 26 heavy (non-hydrogen) atoms. The normalized spacial score (nSPS) is 18.2. The molecule has 1 aliphatic heterocycles. The maximum Gasteiger partial charge on any atom is 0.287 e. The van der Waals surface area contributed by atoms with E-state index in [1.807, 2.05) is 48.5 Å². The molecular formula is C22H23NO3. The summed E-state index contributed by atoms with van der Waals surface area (Å²) in [7, 11) is 0. The Hall–Kier alpha value is -2.75. The van der Waals surface area contributed by atoms with Crippen LogP contribution in [0.2, 0.25) is 0 Å². The number of ether oxygens (including phenoxy) is 1. The quantitative estimate of drug-likeness (QED) is 0.700. The Morgan fingerprint density at radius 1 is 1.12 bits per heavy atom. The minimum absolute atomic E-state index is 0.0967. The van der Waals surface area contributed by atoms with E-state index in [9.17, 15) is 4.79 Å². The molecule has 1 N–H and O–H groups in total. The fourth-order valence-electron chi connectivity index (χ4n) is 3.75. The van der Waals surface area contributed by atoms with Crippen LogP contribution in [0.3, 0.4) is 0 Å². The van der Waals surface area contributed by atoms with E-state index in [-0.39, 0.29) is 17.6 Å². The molecule has 2 aromatic carbocycles. The Morgan fingerprint density at radius 2 is 1.85 bits per heavy atom. The van der Waals surface area contributed by atoms with Crippen LogP contribution in [-0.2, 0) is 0 Å². The lowest BCUT2D eigenvalue weighted by atomic mass is 9.83. The summed E-state index contributed by atoms with van der Waals surface area (Å²) in [6, 6.07) is 17.3. The lowest BCUT2D eigenvalue weighted by Gasteiger charge is -2.41. The summed E-state index contributed by atoms with van der Waals surface area (Å²) in [5.41, 5.74) is 1.50. The molecule has 134 valence electrons. The molecular weight excluding hydrogens is 326 g/mol. The van der Waals surface area contributed by atoms with Crippen molar-refractivity contribution in [2.24, 2.45) is 0 Å². The standard InChI is InChI=1S/C22H23NO3/c1-3-22(4-2)14-17(16-10-6-8-12-19(16)26-22)23-21(24)20-13-15-9-5-7-11-18(15)25-20/h5-13,17H,3-4,14H2,1-2H3,(H,23,24)/t17-/m0/s1. The highest BCUT2D eigenvalue weighted by Crippen LogP contribution is 2.42. The largest absolute Gasteiger partial charge is 0.487 e. The second kappa shape index (κ2) is 6.52. The Bertz CT molecular complexity index is 906. The molecule has 3 aromatic rings. The number of para-hydroxylation sites is 2. The van der Waals surface area contributed by atoms with Crippen LogP contribution >= 0.6 is 0 Å². The zero-order chi connectivity index (χ0) is 18.1. The SMILES string of the molecule is CCC1(CC)C[C@H](NC(=O)c2cc3ccccc3o2)c2ccccc2O1. The first-order valence-corrected chi connectivity index (χ1v) is 9.21. The molecule has 0 aliphatic carbocycles. The fraction of sp³-hybridized carbons (Fsp3) is 0.318. The predicted molar refractivity (Wildman–Crippen MR) is 101 cm³/mol. The number of rotatable bonds is 4. The smallest absolute Gasteiger partial charge is 0.287 e. The van der Waals surface area contributed by atoms with Crippen molar-refractivity contribution in [3.8, 4) is 5.75 Å². The summed E-state index contributed by atoms with van der Waals surface area (Å²) in [5.74, 6) is 1.01. The minimum atomic E-state index is -0.250. The van der Waals surface area contributed by atoms with E-state index in [2.05, 4.69) is 19.2 Å². The summed E-state index contributed by atoms with van der Waals surface area (Å²) in [6.45, 7) is 4.27. The zero-order valence-corrected chi connectivity index (χ0v) is 15.1. The average Bonchev–Trinajstić information content (AvgIpc) is 3.12. The summed E-state index contributed by atoms with van der Waals surface area (Å²) >= 11 is 0. The van der Waals surface area contributed by atoms with Crippen molar-refractivity contribution in [2.45, 2.75) is 44.8 Å². The van der Waals surface area contributed by atoms with Crippen LogP contribution in [0.4, 0.5) is 0 Å². The van der Waals surface area contributed by atoms with Crippen molar-refractivity contribution < 1.29 is 13.9 Å². The van der Waals surface area contributed by atoms with Gasteiger partial charge in [-0.2, -0.15) is 0 Å². The number of carbonyl (C=O) groups is 1. The van der Waals surface area contributed by atoms with Gasteiger partial charge in [0.15, 0.2) is 5.76 Å². The molecule has 0 fully saturated rings. The molecule has 0 bridgehead atoms. The molecule has 0 spiro atoms. The first kappa shape index (κ1) is 16.7. The van der Waals surface area contributed by atoms with Gasteiger partial charge in [-0.3, -0.25) is 4.79 Å². The highest BCUT2D eigenvalue weighted by molar-refractivity contribution is 5.96. The van der Waals surface area contributed by atoms with Gasteiger partial charge in [0.05, 0.1) is 6.04 Å². The molecule has 0 radical (unpaired) electrons. The molecule has 1 amide bonds. The molecule has 4 nitrogen and oxygen atoms in total. The average molecular weight is 349 g/mol. The van der Waals surface area contributed by atoms with Crippen molar-refractivity contribution in [1.29, 1.82) is 0 Å². The number of amides is 1. The van der Waals surface area contributed by atoms with Crippen molar-refractivity contribution in [1.82, 2.24) is 5.32 Å². The van der Waals surface area contributed by atoms with Crippen LogP contribution in [0, 0.1) is 0 Å². The predicted octanol–water partition coefficient (Wildman–Crippen LogP) is 5.25. The van der Waals surface area contributed by atoms with E-state index in [4.69, 9.17) is 9.15 Å². The monoisotopic (exact) mass is 349 g/mol. The second-order valence-corrected chi connectivity index (χ2v) is 6.91. The van der Waals surface area contributed by atoms with E-state index < -0.39 is 0 Å². The van der Waals surface area contributed by atoms with Crippen LogP contribution in [0.5, 0.6) is 5.75 Å². The maximum atomic E-state index is 12.8. The first-order valence-electron chi connectivity index (χ1n) is 9.21. The summed E-state index contributed by atoms with van der Waals surface area (Å²) in [4.78, 5) is 12.8. The molecule has 4 heteroatoms. The molecule has 4 rings (SSSR count). The molecule has 1 aliphatic rings. The fourth-order valence-corrected chi connectivity index (χ4v) is 3.75. The van der Waals surface area contributed by atoms with Crippen LogP contribution in [0.25, 0.3) is 11.0 Å². The van der Waals surface area contributed by atoms with Gasteiger partial charge in [0, 0.05) is 17.4 Å². The number of benzene rings is 2. The van der Waals surface area contributed by atoms with Crippen LogP contribution in [0.15, 0.2) is 59.0 Å². The molecule has 0 saturated carbocycles. The Balaban J connectivity index is 1.64. The van der Waals surface area contributed by atoms with Gasteiger partial charge in [0.2, 0.25) is 0 Å². The Kier molecular flexibility index (Phi) is 4.19. The van der Waals surface area contributed by atoms with Gasteiger partial charge in [-0.25, -0.2) is 0 Å². The van der Waals surface area contributed by atoms with Crippen LogP contribution in [0.1, 0.15) is 55.3 Å². The Morgan fingerprint density at radius 3 is 2.62 bits per heavy atom. The highest BCUT2D eigenvalue weighted by Gasteiger charge is 2.39. The third kappa shape index (κ3) is 2.85.